The average Bonchev–Trinajstić information content (AvgIpc) is 2.77. The van der Waals surface area contributed by atoms with Crippen LogP contribution < -0.4 is 10.1 Å². The normalized spacial score (nSPS) is 11.7. The van der Waals surface area contributed by atoms with Crippen molar-refractivity contribution in [1.29, 1.82) is 5.26 Å². The Morgan fingerprint density at radius 3 is 2.53 bits per heavy atom. The van der Waals surface area contributed by atoms with Gasteiger partial charge in [0, 0.05) is 24.0 Å². The number of nitriles is 1. The zero-order chi connectivity index (χ0) is 13.8. The molecule has 98 valence electrons. The number of anilines is 1. The second kappa shape index (κ2) is 5.44. The van der Waals surface area contributed by atoms with Crippen LogP contribution in [0.25, 0.3) is 0 Å². The third-order valence-corrected chi connectivity index (χ3v) is 3.11. The molecule has 1 heterocycles. The summed E-state index contributed by atoms with van der Waals surface area (Å²) in [5, 5.41) is 16.6. The van der Waals surface area contributed by atoms with Crippen LogP contribution in [-0.4, -0.2) is 16.9 Å². The van der Waals surface area contributed by atoms with Gasteiger partial charge < -0.3 is 10.1 Å². The molecule has 0 fully saturated rings. The summed E-state index contributed by atoms with van der Waals surface area (Å²) in [4.78, 5) is 0. The quantitative estimate of drug-likeness (QED) is 0.912. The molecule has 0 bridgehead atoms. The van der Waals surface area contributed by atoms with Crippen LogP contribution in [-0.2, 0) is 7.05 Å². The third kappa shape index (κ3) is 2.68. The second-order valence-corrected chi connectivity index (χ2v) is 4.24. The fourth-order valence-corrected chi connectivity index (χ4v) is 1.83. The smallest absolute Gasteiger partial charge is 0.143 e. The summed E-state index contributed by atoms with van der Waals surface area (Å²) in [6.07, 6.45) is 1.72. The van der Waals surface area contributed by atoms with Crippen LogP contribution in [0, 0.1) is 18.3 Å². The van der Waals surface area contributed by atoms with E-state index in [9.17, 15) is 5.26 Å². The maximum absolute atomic E-state index is 9.30. The molecule has 0 amide bonds. The molecule has 1 atom stereocenters. The summed E-state index contributed by atoms with van der Waals surface area (Å²) >= 11 is 0. The Kier molecular flexibility index (Phi) is 3.71. The van der Waals surface area contributed by atoms with Gasteiger partial charge in [-0.25, -0.2) is 0 Å². The summed E-state index contributed by atoms with van der Waals surface area (Å²) in [6.45, 7) is 1.95. The first-order valence-electron chi connectivity index (χ1n) is 5.94. The largest absolute Gasteiger partial charge is 0.497 e. The van der Waals surface area contributed by atoms with Crippen molar-refractivity contribution in [1.82, 2.24) is 9.78 Å². The molecule has 0 saturated heterocycles. The summed E-state index contributed by atoms with van der Waals surface area (Å²) in [5.41, 5.74) is 2.74. The van der Waals surface area contributed by atoms with E-state index < -0.39 is 6.04 Å². The van der Waals surface area contributed by atoms with Crippen LogP contribution in [0.2, 0.25) is 0 Å². The first-order valence-corrected chi connectivity index (χ1v) is 5.94. The minimum absolute atomic E-state index is 0.415. The highest BCUT2D eigenvalue weighted by Crippen LogP contribution is 2.23. The van der Waals surface area contributed by atoms with Crippen molar-refractivity contribution in [3.63, 3.8) is 0 Å². The van der Waals surface area contributed by atoms with Gasteiger partial charge in [0.25, 0.3) is 0 Å². The minimum atomic E-state index is -0.415. The molecule has 1 N–H and O–H groups in total. The molecule has 1 aromatic carbocycles. The highest BCUT2D eigenvalue weighted by molar-refractivity contribution is 5.50. The Labute approximate surface area is 112 Å². The van der Waals surface area contributed by atoms with Gasteiger partial charge in [-0.2, -0.15) is 10.4 Å². The molecule has 0 spiro atoms. The van der Waals surface area contributed by atoms with Crippen LogP contribution in [0.5, 0.6) is 5.75 Å². The van der Waals surface area contributed by atoms with Gasteiger partial charge >= 0.3 is 0 Å². The molecule has 0 saturated carbocycles. The fraction of sp³-hybridized carbons (Fsp3) is 0.286. The number of hydrogen-bond acceptors (Lipinski definition) is 4. The number of ether oxygens (including phenoxy) is 1. The van der Waals surface area contributed by atoms with Crippen LogP contribution >= 0.6 is 0 Å². The van der Waals surface area contributed by atoms with Crippen molar-refractivity contribution < 1.29 is 4.74 Å². The standard InChI is InChI=1S/C14H16N4O/c1-10-13(9-16-18(10)2)14(8-15)17-11-4-6-12(19-3)7-5-11/h4-7,9,14,17H,1-3H3. The maximum Gasteiger partial charge on any atom is 0.143 e. The Balaban J connectivity index is 2.19. The predicted molar refractivity (Wildman–Crippen MR) is 72.9 cm³/mol. The zero-order valence-corrected chi connectivity index (χ0v) is 11.2. The lowest BCUT2D eigenvalue weighted by molar-refractivity contribution is 0.415. The van der Waals surface area contributed by atoms with Gasteiger partial charge in [0.05, 0.1) is 19.4 Å². The Bertz CT molecular complexity index is 595. The number of aromatic nitrogens is 2. The number of hydrogen-bond donors (Lipinski definition) is 1. The lowest BCUT2D eigenvalue weighted by Gasteiger charge is -2.13. The summed E-state index contributed by atoms with van der Waals surface area (Å²) in [6, 6.07) is 9.31. The summed E-state index contributed by atoms with van der Waals surface area (Å²) in [5.74, 6) is 0.789. The molecule has 19 heavy (non-hydrogen) atoms. The van der Waals surface area contributed by atoms with E-state index >= 15 is 0 Å². The number of aryl methyl sites for hydroxylation is 1. The van der Waals surface area contributed by atoms with Gasteiger partial charge in [0.2, 0.25) is 0 Å². The highest BCUT2D eigenvalue weighted by atomic mass is 16.5. The summed E-state index contributed by atoms with van der Waals surface area (Å²) < 4.78 is 6.86. The molecule has 2 rings (SSSR count). The molecule has 0 aliphatic heterocycles. The number of nitrogens with zero attached hydrogens (tertiary/aromatic N) is 3. The maximum atomic E-state index is 9.30. The second-order valence-electron chi connectivity index (χ2n) is 4.24. The van der Waals surface area contributed by atoms with Crippen molar-refractivity contribution in [3.05, 3.63) is 41.7 Å². The van der Waals surface area contributed by atoms with Gasteiger partial charge in [0.15, 0.2) is 0 Å². The summed E-state index contributed by atoms with van der Waals surface area (Å²) in [7, 11) is 3.49. The number of benzene rings is 1. The number of methoxy groups -OCH3 is 1. The van der Waals surface area contributed by atoms with E-state index in [2.05, 4.69) is 16.5 Å². The van der Waals surface area contributed by atoms with E-state index in [0.29, 0.717) is 0 Å². The van der Waals surface area contributed by atoms with Crippen molar-refractivity contribution in [2.75, 3.05) is 12.4 Å². The van der Waals surface area contributed by atoms with E-state index in [1.54, 1.807) is 18.0 Å². The van der Waals surface area contributed by atoms with E-state index in [4.69, 9.17) is 4.74 Å². The SMILES string of the molecule is COc1ccc(NC(C#N)c2cnn(C)c2C)cc1. The van der Waals surface area contributed by atoms with Gasteiger partial charge in [-0.05, 0) is 31.2 Å². The van der Waals surface area contributed by atoms with E-state index in [-0.39, 0.29) is 0 Å². The van der Waals surface area contributed by atoms with Crippen molar-refractivity contribution in [2.24, 2.45) is 7.05 Å². The van der Waals surface area contributed by atoms with Crippen molar-refractivity contribution in [3.8, 4) is 11.8 Å². The van der Waals surface area contributed by atoms with Gasteiger partial charge in [0.1, 0.15) is 11.8 Å². The van der Waals surface area contributed by atoms with Crippen LogP contribution in [0.1, 0.15) is 17.3 Å². The predicted octanol–water partition coefficient (Wildman–Crippen LogP) is 2.41. The van der Waals surface area contributed by atoms with Crippen LogP contribution in [0.4, 0.5) is 5.69 Å². The lowest BCUT2D eigenvalue weighted by atomic mass is 10.1. The molecule has 0 radical (unpaired) electrons. The van der Waals surface area contributed by atoms with Gasteiger partial charge in [-0.3, -0.25) is 4.68 Å². The van der Waals surface area contributed by atoms with Crippen molar-refractivity contribution >= 4 is 5.69 Å². The lowest BCUT2D eigenvalue weighted by Crippen LogP contribution is -2.09. The first kappa shape index (κ1) is 13.0. The highest BCUT2D eigenvalue weighted by Gasteiger charge is 2.15. The van der Waals surface area contributed by atoms with Gasteiger partial charge in [-0.1, -0.05) is 0 Å². The fourth-order valence-electron chi connectivity index (χ4n) is 1.83. The zero-order valence-electron chi connectivity index (χ0n) is 11.2. The Hall–Kier alpha value is -2.48. The van der Waals surface area contributed by atoms with Crippen LogP contribution in [0.3, 0.4) is 0 Å². The Morgan fingerprint density at radius 2 is 2.05 bits per heavy atom. The molecule has 1 aromatic heterocycles. The average molecular weight is 256 g/mol. The number of rotatable bonds is 4. The van der Waals surface area contributed by atoms with E-state index in [1.165, 1.54) is 0 Å². The van der Waals surface area contributed by atoms with E-state index in [1.807, 2.05) is 38.2 Å². The monoisotopic (exact) mass is 256 g/mol. The molecule has 0 aliphatic rings. The number of nitrogens with one attached hydrogen (secondary N) is 1. The molecular weight excluding hydrogens is 240 g/mol. The van der Waals surface area contributed by atoms with Gasteiger partial charge in [-0.15, -0.1) is 0 Å². The molecule has 5 heteroatoms. The van der Waals surface area contributed by atoms with Crippen LogP contribution in [0.15, 0.2) is 30.5 Å². The molecule has 5 nitrogen and oxygen atoms in total. The molecule has 0 aliphatic carbocycles. The first-order chi connectivity index (χ1) is 9.15. The van der Waals surface area contributed by atoms with Crippen molar-refractivity contribution in [2.45, 2.75) is 13.0 Å². The third-order valence-electron chi connectivity index (χ3n) is 3.11. The molecule has 1 unspecified atom stereocenters. The Morgan fingerprint density at radius 1 is 1.37 bits per heavy atom. The molecular formula is C14H16N4O. The topological polar surface area (TPSA) is 62.9 Å². The van der Waals surface area contributed by atoms with E-state index in [0.717, 1.165) is 22.7 Å². The minimum Gasteiger partial charge on any atom is -0.497 e. The molecule has 2 aromatic rings.